The Labute approximate surface area is 185 Å². The number of ether oxygens (including phenoxy) is 1. The Kier molecular flexibility index (Phi) is 6.72. The van der Waals surface area contributed by atoms with Gasteiger partial charge in [0.25, 0.3) is 5.91 Å². The molecule has 7 nitrogen and oxygen atoms in total. The van der Waals surface area contributed by atoms with Gasteiger partial charge < -0.3 is 9.64 Å². The number of pyridine rings is 1. The van der Waals surface area contributed by atoms with Gasteiger partial charge >= 0.3 is 0 Å². The van der Waals surface area contributed by atoms with Gasteiger partial charge in [-0.3, -0.25) is 19.4 Å². The highest BCUT2D eigenvalue weighted by atomic mass is 16.5. The molecule has 7 heteroatoms. The molecule has 2 aliphatic rings. The van der Waals surface area contributed by atoms with Crippen molar-refractivity contribution >= 4 is 5.91 Å². The van der Waals surface area contributed by atoms with Crippen LogP contribution in [-0.2, 0) is 16.8 Å². The average Bonchev–Trinajstić information content (AvgIpc) is 3.51. The number of hydrogen-bond acceptors (Lipinski definition) is 5. The number of aromatic nitrogens is 3. The van der Waals surface area contributed by atoms with Crippen molar-refractivity contribution in [3.63, 3.8) is 0 Å². The number of amides is 1. The summed E-state index contributed by atoms with van der Waals surface area (Å²) < 4.78 is 7.51. The third-order valence-electron chi connectivity index (χ3n) is 6.00. The average molecular weight is 426 g/mol. The van der Waals surface area contributed by atoms with Crippen molar-refractivity contribution in [2.75, 3.05) is 39.4 Å². The lowest BCUT2D eigenvalue weighted by atomic mass is 10.1. The molecule has 1 aliphatic carbocycles. The maximum Gasteiger partial charge on any atom is 0.274 e. The van der Waals surface area contributed by atoms with E-state index in [1.807, 2.05) is 23.1 Å². The molecular weight excluding hydrogens is 390 g/mol. The largest absolute Gasteiger partial charge is 0.379 e. The summed E-state index contributed by atoms with van der Waals surface area (Å²) in [6.45, 7) is 12.3. The Hall–Kier alpha value is -2.25. The molecule has 0 unspecified atom stereocenters. The first-order valence-electron chi connectivity index (χ1n) is 11.5. The number of hydrogen-bond donors (Lipinski definition) is 0. The summed E-state index contributed by atoms with van der Waals surface area (Å²) in [6.07, 6.45) is 6.88. The molecule has 2 aromatic rings. The predicted octanol–water partition coefficient (Wildman–Crippen LogP) is 3.28. The molecule has 1 amide bonds. The molecule has 0 radical (unpaired) electrons. The zero-order valence-electron chi connectivity index (χ0n) is 19.1. The van der Waals surface area contributed by atoms with Crippen LogP contribution in [0.2, 0.25) is 0 Å². The minimum absolute atomic E-state index is 0.0173. The van der Waals surface area contributed by atoms with E-state index in [4.69, 9.17) is 9.84 Å². The maximum absolute atomic E-state index is 13.6. The first kappa shape index (κ1) is 22.0. The van der Waals surface area contributed by atoms with E-state index in [2.05, 4.69) is 35.3 Å². The molecule has 0 N–H and O–H groups in total. The highest BCUT2D eigenvalue weighted by molar-refractivity contribution is 5.92. The molecule has 2 aromatic heterocycles. The maximum atomic E-state index is 13.6. The van der Waals surface area contributed by atoms with Gasteiger partial charge in [-0.1, -0.05) is 0 Å². The van der Waals surface area contributed by atoms with Gasteiger partial charge in [0.1, 0.15) is 0 Å². The van der Waals surface area contributed by atoms with Crippen LogP contribution in [0.25, 0.3) is 0 Å². The molecule has 168 valence electrons. The van der Waals surface area contributed by atoms with Gasteiger partial charge in [0.2, 0.25) is 0 Å². The Morgan fingerprint density at radius 2 is 1.90 bits per heavy atom. The molecule has 4 rings (SSSR count). The van der Waals surface area contributed by atoms with Gasteiger partial charge in [-0.15, -0.1) is 0 Å². The molecule has 0 spiro atoms. The minimum Gasteiger partial charge on any atom is -0.379 e. The molecular formula is C24H35N5O2. The van der Waals surface area contributed by atoms with Gasteiger partial charge in [0.05, 0.1) is 18.8 Å². The molecule has 0 bridgehead atoms. The van der Waals surface area contributed by atoms with Crippen LogP contribution in [0.1, 0.15) is 67.7 Å². The lowest BCUT2D eigenvalue weighted by Gasteiger charge is -2.28. The predicted molar refractivity (Wildman–Crippen MR) is 120 cm³/mol. The van der Waals surface area contributed by atoms with Crippen molar-refractivity contribution in [3.05, 3.63) is 47.5 Å². The van der Waals surface area contributed by atoms with Gasteiger partial charge in [0, 0.05) is 56.7 Å². The summed E-state index contributed by atoms with van der Waals surface area (Å²) in [5.41, 5.74) is 2.72. The summed E-state index contributed by atoms with van der Waals surface area (Å²) in [5, 5.41) is 4.79. The number of nitrogens with zero attached hydrogens (tertiary/aromatic N) is 5. The molecule has 2 fully saturated rings. The van der Waals surface area contributed by atoms with Crippen LogP contribution < -0.4 is 0 Å². The topological polar surface area (TPSA) is 63.5 Å². The zero-order chi connectivity index (χ0) is 21.8. The van der Waals surface area contributed by atoms with Crippen molar-refractivity contribution in [3.8, 4) is 0 Å². The van der Waals surface area contributed by atoms with Crippen molar-refractivity contribution in [2.45, 2.75) is 58.0 Å². The van der Waals surface area contributed by atoms with E-state index < -0.39 is 0 Å². The summed E-state index contributed by atoms with van der Waals surface area (Å²) >= 11 is 0. The summed E-state index contributed by atoms with van der Waals surface area (Å²) in [5.74, 6) is 0.562. The van der Waals surface area contributed by atoms with Crippen LogP contribution in [0.3, 0.4) is 0 Å². The van der Waals surface area contributed by atoms with E-state index in [9.17, 15) is 4.79 Å². The smallest absolute Gasteiger partial charge is 0.274 e. The molecule has 1 saturated carbocycles. The number of carbonyl (C=O) groups excluding carboxylic acids is 1. The van der Waals surface area contributed by atoms with E-state index in [0.717, 1.165) is 44.8 Å². The first-order valence-corrected chi connectivity index (χ1v) is 11.5. The Morgan fingerprint density at radius 1 is 1.19 bits per heavy atom. The number of carbonyl (C=O) groups is 1. The van der Waals surface area contributed by atoms with Crippen LogP contribution in [0.15, 0.2) is 30.6 Å². The van der Waals surface area contributed by atoms with Gasteiger partial charge in [0.15, 0.2) is 5.69 Å². The lowest BCUT2D eigenvalue weighted by Crippen LogP contribution is -2.39. The van der Waals surface area contributed by atoms with Crippen LogP contribution in [0.4, 0.5) is 0 Å². The highest BCUT2D eigenvalue weighted by Gasteiger charge is 2.33. The Balaban J connectivity index is 1.50. The van der Waals surface area contributed by atoms with E-state index in [1.165, 1.54) is 18.5 Å². The van der Waals surface area contributed by atoms with Crippen molar-refractivity contribution < 1.29 is 9.53 Å². The lowest BCUT2D eigenvalue weighted by molar-refractivity contribution is 0.0355. The van der Waals surface area contributed by atoms with Crippen molar-refractivity contribution in [1.29, 1.82) is 0 Å². The van der Waals surface area contributed by atoms with E-state index in [1.54, 1.807) is 12.4 Å². The number of morpholine rings is 1. The second-order valence-electron chi connectivity index (χ2n) is 9.70. The summed E-state index contributed by atoms with van der Waals surface area (Å²) in [7, 11) is 0. The molecule has 31 heavy (non-hydrogen) atoms. The highest BCUT2D eigenvalue weighted by Crippen LogP contribution is 2.41. The van der Waals surface area contributed by atoms with E-state index in [0.29, 0.717) is 24.7 Å². The minimum atomic E-state index is -0.136. The Bertz CT molecular complexity index is 864. The molecule has 0 aromatic carbocycles. The second-order valence-corrected chi connectivity index (χ2v) is 9.70. The second kappa shape index (κ2) is 9.49. The summed E-state index contributed by atoms with van der Waals surface area (Å²) in [4.78, 5) is 22.0. The third-order valence-corrected chi connectivity index (χ3v) is 6.00. The molecule has 3 heterocycles. The van der Waals surface area contributed by atoms with Gasteiger partial charge in [-0.2, -0.15) is 5.10 Å². The van der Waals surface area contributed by atoms with Crippen molar-refractivity contribution in [1.82, 2.24) is 24.6 Å². The molecule has 1 saturated heterocycles. The van der Waals surface area contributed by atoms with Crippen LogP contribution in [0, 0.1) is 0 Å². The number of rotatable bonds is 8. The van der Waals surface area contributed by atoms with Crippen LogP contribution in [-0.4, -0.2) is 69.9 Å². The van der Waals surface area contributed by atoms with Crippen LogP contribution >= 0.6 is 0 Å². The summed E-state index contributed by atoms with van der Waals surface area (Å²) in [6, 6.07) is 5.99. The van der Waals surface area contributed by atoms with E-state index >= 15 is 0 Å². The van der Waals surface area contributed by atoms with Gasteiger partial charge in [-0.25, -0.2) is 0 Å². The van der Waals surface area contributed by atoms with Crippen LogP contribution in [0.5, 0.6) is 0 Å². The normalized spacial score (nSPS) is 17.6. The fourth-order valence-corrected chi connectivity index (χ4v) is 4.14. The van der Waals surface area contributed by atoms with E-state index in [-0.39, 0.29) is 11.4 Å². The monoisotopic (exact) mass is 425 g/mol. The first-order chi connectivity index (χ1) is 14.9. The van der Waals surface area contributed by atoms with Crippen molar-refractivity contribution in [2.24, 2.45) is 0 Å². The zero-order valence-corrected chi connectivity index (χ0v) is 19.1. The molecule has 0 atom stereocenters. The third kappa shape index (κ3) is 5.71. The van der Waals surface area contributed by atoms with Gasteiger partial charge in [-0.05, 0) is 63.8 Å². The SMILES string of the molecule is CC(C)(C)n1nc(C(=O)N(CCCN2CCOCC2)Cc2ccncc2)cc1C1CC1. The quantitative estimate of drug-likeness (QED) is 0.650. The Morgan fingerprint density at radius 3 is 2.55 bits per heavy atom. The standard InChI is InChI=1S/C24H35N5O2/c1-24(2,3)29-22(20-5-6-20)17-21(26-29)23(30)28(18-19-7-9-25-10-8-19)12-4-11-27-13-15-31-16-14-27/h7-10,17,20H,4-6,11-16,18H2,1-3H3. The fraction of sp³-hybridized carbons (Fsp3) is 0.625. The fourth-order valence-electron chi connectivity index (χ4n) is 4.14. The molecule has 1 aliphatic heterocycles.